The maximum atomic E-state index is 11.7. The molecule has 0 radical (unpaired) electrons. The predicted molar refractivity (Wildman–Crippen MR) is 97.7 cm³/mol. The normalized spacial score (nSPS) is 14.9. The first-order valence-electron chi connectivity index (χ1n) is 8.23. The molecular formula is C18H21BrN2O4. The minimum absolute atomic E-state index is 0.109. The van der Waals surface area contributed by atoms with Gasteiger partial charge in [0.15, 0.2) is 6.61 Å². The van der Waals surface area contributed by atoms with Crippen molar-refractivity contribution in [1.29, 1.82) is 0 Å². The first-order valence-corrected chi connectivity index (χ1v) is 9.03. The van der Waals surface area contributed by atoms with Gasteiger partial charge in [0, 0.05) is 16.6 Å². The van der Waals surface area contributed by atoms with Gasteiger partial charge >= 0.3 is 12.0 Å². The van der Waals surface area contributed by atoms with Crippen LogP contribution in [0.25, 0.3) is 6.08 Å². The van der Waals surface area contributed by atoms with Crippen LogP contribution in [0.3, 0.4) is 0 Å². The molecule has 0 saturated heterocycles. The zero-order valence-electron chi connectivity index (χ0n) is 13.8. The van der Waals surface area contributed by atoms with Crippen LogP contribution < -0.4 is 10.6 Å². The van der Waals surface area contributed by atoms with Crippen molar-refractivity contribution < 1.29 is 19.1 Å². The second-order valence-electron chi connectivity index (χ2n) is 5.85. The van der Waals surface area contributed by atoms with Gasteiger partial charge in [0.05, 0.1) is 0 Å². The van der Waals surface area contributed by atoms with Crippen molar-refractivity contribution in [2.45, 2.75) is 38.1 Å². The molecule has 0 atom stereocenters. The van der Waals surface area contributed by atoms with E-state index in [9.17, 15) is 14.4 Å². The van der Waals surface area contributed by atoms with Crippen molar-refractivity contribution in [2.75, 3.05) is 6.61 Å². The van der Waals surface area contributed by atoms with E-state index < -0.39 is 24.5 Å². The van der Waals surface area contributed by atoms with Gasteiger partial charge in [0.2, 0.25) is 0 Å². The number of benzene rings is 1. The maximum absolute atomic E-state index is 11.7. The quantitative estimate of drug-likeness (QED) is 0.578. The number of carbonyl (C=O) groups is 3. The van der Waals surface area contributed by atoms with Crippen LogP contribution in [0.5, 0.6) is 0 Å². The Morgan fingerprint density at radius 2 is 1.96 bits per heavy atom. The van der Waals surface area contributed by atoms with Crippen molar-refractivity contribution in [3.63, 3.8) is 0 Å². The van der Waals surface area contributed by atoms with E-state index in [0.717, 1.165) is 35.7 Å². The van der Waals surface area contributed by atoms with E-state index in [0.29, 0.717) is 0 Å². The molecule has 0 bridgehead atoms. The number of nitrogens with one attached hydrogen (secondary N) is 2. The smallest absolute Gasteiger partial charge is 0.331 e. The lowest BCUT2D eigenvalue weighted by Gasteiger charge is -2.22. The van der Waals surface area contributed by atoms with E-state index in [1.54, 1.807) is 6.08 Å². The molecule has 1 aliphatic carbocycles. The van der Waals surface area contributed by atoms with Gasteiger partial charge in [-0.2, -0.15) is 0 Å². The zero-order valence-corrected chi connectivity index (χ0v) is 15.4. The molecule has 0 spiro atoms. The summed E-state index contributed by atoms with van der Waals surface area (Å²) >= 11 is 3.34. The zero-order chi connectivity index (χ0) is 18.1. The Labute approximate surface area is 155 Å². The second kappa shape index (κ2) is 9.98. The van der Waals surface area contributed by atoms with E-state index in [2.05, 4.69) is 26.6 Å². The highest BCUT2D eigenvalue weighted by Gasteiger charge is 2.17. The molecule has 1 fully saturated rings. The Balaban J connectivity index is 1.68. The van der Waals surface area contributed by atoms with Crippen molar-refractivity contribution >= 4 is 39.9 Å². The van der Waals surface area contributed by atoms with E-state index >= 15 is 0 Å². The summed E-state index contributed by atoms with van der Waals surface area (Å²) in [5, 5.41) is 4.93. The lowest BCUT2D eigenvalue weighted by molar-refractivity contribution is -0.143. The number of hydrogen-bond donors (Lipinski definition) is 2. The lowest BCUT2D eigenvalue weighted by atomic mass is 9.96. The summed E-state index contributed by atoms with van der Waals surface area (Å²) in [6, 6.07) is 6.95. The molecule has 134 valence electrons. The highest BCUT2D eigenvalue weighted by molar-refractivity contribution is 9.10. The van der Waals surface area contributed by atoms with Gasteiger partial charge in [-0.05, 0) is 36.6 Å². The Morgan fingerprint density at radius 3 is 2.68 bits per heavy atom. The van der Waals surface area contributed by atoms with Gasteiger partial charge in [-0.15, -0.1) is 0 Å². The van der Waals surface area contributed by atoms with Gasteiger partial charge in [-0.1, -0.05) is 47.3 Å². The Kier molecular flexibility index (Phi) is 7.66. The van der Waals surface area contributed by atoms with Crippen LogP contribution in [0.15, 0.2) is 34.8 Å². The van der Waals surface area contributed by atoms with Crippen molar-refractivity contribution in [1.82, 2.24) is 10.6 Å². The molecule has 6 nitrogen and oxygen atoms in total. The fourth-order valence-corrected chi connectivity index (χ4v) is 3.01. The summed E-state index contributed by atoms with van der Waals surface area (Å²) in [4.78, 5) is 35.0. The number of halogens is 1. The minimum Gasteiger partial charge on any atom is -0.452 e. The van der Waals surface area contributed by atoms with Crippen molar-refractivity contribution in [3.8, 4) is 0 Å². The van der Waals surface area contributed by atoms with Gasteiger partial charge in [0.25, 0.3) is 5.91 Å². The van der Waals surface area contributed by atoms with E-state index in [1.807, 2.05) is 24.3 Å². The molecule has 1 aromatic rings. The molecule has 1 aliphatic rings. The van der Waals surface area contributed by atoms with Gasteiger partial charge in [-0.25, -0.2) is 9.59 Å². The van der Waals surface area contributed by atoms with Crippen LogP contribution in [-0.4, -0.2) is 30.6 Å². The SMILES string of the molecule is O=C(COC(=O)/C=C/c1cccc(Br)c1)NC(=O)NC1CCCCC1. The number of hydrogen-bond acceptors (Lipinski definition) is 4. The van der Waals surface area contributed by atoms with Crippen LogP contribution >= 0.6 is 15.9 Å². The Morgan fingerprint density at radius 1 is 1.20 bits per heavy atom. The highest BCUT2D eigenvalue weighted by Crippen LogP contribution is 2.17. The maximum Gasteiger partial charge on any atom is 0.331 e. The first-order chi connectivity index (χ1) is 12.0. The lowest BCUT2D eigenvalue weighted by Crippen LogP contribution is -2.46. The number of urea groups is 1. The van der Waals surface area contributed by atoms with Crippen LogP contribution in [0.2, 0.25) is 0 Å². The highest BCUT2D eigenvalue weighted by atomic mass is 79.9. The summed E-state index contributed by atoms with van der Waals surface area (Å²) in [6.07, 6.45) is 8.02. The number of imide groups is 1. The molecule has 7 heteroatoms. The molecule has 2 N–H and O–H groups in total. The number of rotatable bonds is 5. The topological polar surface area (TPSA) is 84.5 Å². The standard InChI is InChI=1S/C18H21BrN2O4/c19-14-6-4-5-13(11-14)9-10-17(23)25-12-16(22)21-18(24)20-15-7-2-1-3-8-15/h4-6,9-11,15H,1-3,7-8,12H2,(H2,20,21,22,24)/b10-9+. The predicted octanol–water partition coefficient (Wildman–Crippen LogP) is 3.16. The Hall–Kier alpha value is -2.15. The number of carbonyl (C=O) groups excluding carboxylic acids is 3. The second-order valence-corrected chi connectivity index (χ2v) is 6.77. The van der Waals surface area contributed by atoms with E-state index in [-0.39, 0.29) is 6.04 Å². The average Bonchev–Trinajstić information content (AvgIpc) is 2.59. The first kappa shape index (κ1) is 19.2. The van der Waals surface area contributed by atoms with Crippen LogP contribution in [-0.2, 0) is 14.3 Å². The van der Waals surface area contributed by atoms with Gasteiger partial charge in [0.1, 0.15) is 0 Å². The summed E-state index contributed by atoms with van der Waals surface area (Å²) in [5.74, 6) is -1.31. The van der Waals surface area contributed by atoms with Gasteiger partial charge < -0.3 is 10.1 Å². The fourth-order valence-electron chi connectivity index (χ4n) is 2.59. The molecule has 1 aromatic carbocycles. The van der Waals surface area contributed by atoms with Crippen molar-refractivity contribution in [2.24, 2.45) is 0 Å². The van der Waals surface area contributed by atoms with E-state index in [4.69, 9.17) is 4.74 Å². The summed E-state index contributed by atoms with van der Waals surface area (Å²) in [7, 11) is 0. The molecule has 0 heterocycles. The molecule has 3 amide bonds. The summed E-state index contributed by atoms with van der Waals surface area (Å²) in [6.45, 7) is -0.500. The third-order valence-electron chi connectivity index (χ3n) is 3.80. The molecule has 0 unspecified atom stereocenters. The summed E-state index contributed by atoms with van der Waals surface area (Å²) < 4.78 is 5.71. The molecule has 2 rings (SSSR count). The van der Waals surface area contributed by atoms with E-state index in [1.165, 1.54) is 12.5 Å². The molecule has 0 aliphatic heterocycles. The van der Waals surface area contributed by atoms with Crippen LogP contribution in [0, 0.1) is 0 Å². The van der Waals surface area contributed by atoms with Crippen LogP contribution in [0.4, 0.5) is 4.79 Å². The average molecular weight is 409 g/mol. The largest absolute Gasteiger partial charge is 0.452 e. The Bertz CT molecular complexity index is 654. The number of esters is 1. The fraction of sp³-hybridized carbons (Fsp3) is 0.389. The molecule has 0 aromatic heterocycles. The number of ether oxygens (including phenoxy) is 1. The molecule has 1 saturated carbocycles. The third-order valence-corrected chi connectivity index (χ3v) is 4.29. The van der Waals surface area contributed by atoms with Crippen LogP contribution in [0.1, 0.15) is 37.7 Å². The minimum atomic E-state index is -0.655. The number of amides is 3. The summed E-state index contributed by atoms with van der Waals surface area (Å²) in [5.41, 5.74) is 0.822. The third kappa shape index (κ3) is 7.51. The van der Waals surface area contributed by atoms with Crippen molar-refractivity contribution in [3.05, 3.63) is 40.4 Å². The van der Waals surface area contributed by atoms with Gasteiger partial charge in [-0.3, -0.25) is 10.1 Å². The molecule has 25 heavy (non-hydrogen) atoms. The monoisotopic (exact) mass is 408 g/mol. The molecular weight excluding hydrogens is 388 g/mol.